The van der Waals surface area contributed by atoms with Crippen LogP contribution in [0.25, 0.3) is 0 Å². The molecule has 1 N–H and O–H groups in total. The fraction of sp³-hybridized carbons (Fsp3) is 0.643. The van der Waals surface area contributed by atoms with E-state index in [0.717, 1.165) is 32.6 Å². The van der Waals surface area contributed by atoms with Crippen LogP contribution in [0.4, 0.5) is 0 Å². The summed E-state index contributed by atoms with van der Waals surface area (Å²) in [4.78, 5) is 6.72. The molecule has 1 aromatic rings. The number of rotatable bonds is 4. The summed E-state index contributed by atoms with van der Waals surface area (Å²) in [6.45, 7) is 9.15. The highest BCUT2D eigenvalue weighted by Gasteiger charge is 2.28. The molecule has 1 aliphatic heterocycles. The third kappa shape index (κ3) is 3.51. The summed E-state index contributed by atoms with van der Waals surface area (Å²) < 4.78 is 0. The van der Waals surface area contributed by atoms with E-state index in [9.17, 15) is 0 Å². The van der Waals surface area contributed by atoms with Gasteiger partial charge in [-0.15, -0.1) is 0 Å². The first-order valence-electron chi connectivity index (χ1n) is 6.58. The highest BCUT2D eigenvalue weighted by molar-refractivity contribution is 5.08. The molecule has 94 valence electrons. The van der Waals surface area contributed by atoms with Crippen LogP contribution in [-0.2, 0) is 6.42 Å². The van der Waals surface area contributed by atoms with Gasteiger partial charge in [0.15, 0.2) is 0 Å². The quantitative estimate of drug-likeness (QED) is 0.858. The molecule has 3 nitrogen and oxygen atoms in total. The number of nitrogens with one attached hydrogen (secondary N) is 1. The Labute approximate surface area is 104 Å². The van der Waals surface area contributed by atoms with Gasteiger partial charge in [0, 0.05) is 44.1 Å². The summed E-state index contributed by atoms with van der Waals surface area (Å²) in [5.41, 5.74) is 1.64. The van der Waals surface area contributed by atoms with Crippen LogP contribution in [0.1, 0.15) is 25.8 Å². The predicted octanol–water partition coefficient (Wildman–Crippen LogP) is 1.70. The number of piperazine rings is 1. The Bertz CT molecular complexity index is 339. The lowest BCUT2D eigenvalue weighted by molar-refractivity contribution is 0.141. The van der Waals surface area contributed by atoms with Crippen molar-refractivity contribution < 1.29 is 0 Å². The highest BCUT2D eigenvalue weighted by atomic mass is 15.2. The normalized spacial score (nSPS) is 26.0. The van der Waals surface area contributed by atoms with Crippen LogP contribution < -0.4 is 5.32 Å². The van der Waals surface area contributed by atoms with Gasteiger partial charge in [0.2, 0.25) is 0 Å². The molecule has 1 unspecified atom stereocenters. The molecule has 0 bridgehead atoms. The molecular weight excluding hydrogens is 210 g/mol. The Hall–Kier alpha value is -0.930. The summed E-state index contributed by atoms with van der Waals surface area (Å²) in [6, 6.07) is 4.18. The molecule has 3 heteroatoms. The minimum Gasteiger partial charge on any atom is -0.309 e. The Balaban J connectivity index is 1.83. The summed E-state index contributed by atoms with van der Waals surface area (Å²) in [6.07, 6.45) is 6.10. The van der Waals surface area contributed by atoms with Crippen molar-refractivity contribution in [2.75, 3.05) is 26.2 Å². The van der Waals surface area contributed by atoms with Gasteiger partial charge in [0.1, 0.15) is 0 Å². The van der Waals surface area contributed by atoms with E-state index < -0.39 is 0 Å². The van der Waals surface area contributed by atoms with Crippen molar-refractivity contribution in [3.8, 4) is 0 Å². The van der Waals surface area contributed by atoms with Gasteiger partial charge in [-0.3, -0.25) is 9.88 Å². The van der Waals surface area contributed by atoms with E-state index in [1.54, 1.807) is 0 Å². The maximum Gasteiger partial charge on any atom is 0.0300 e. The van der Waals surface area contributed by atoms with E-state index in [0.29, 0.717) is 5.54 Å². The standard InChI is InChI=1S/C14H23N3/c1-3-14(2)12-17(10-8-16-14)9-6-13-5-4-7-15-11-13/h4-5,7,11,16H,3,6,8-10,12H2,1-2H3. The smallest absolute Gasteiger partial charge is 0.0300 e. The maximum atomic E-state index is 4.16. The van der Waals surface area contributed by atoms with Crippen LogP contribution >= 0.6 is 0 Å². The van der Waals surface area contributed by atoms with Gasteiger partial charge in [-0.25, -0.2) is 0 Å². The van der Waals surface area contributed by atoms with Gasteiger partial charge in [0.05, 0.1) is 0 Å². The molecule has 1 aliphatic rings. The zero-order valence-corrected chi connectivity index (χ0v) is 10.9. The van der Waals surface area contributed by atoms with Crippen molar-refractivity contribution in [1.82, 2.24) is 15.2 Å². The summed E-state index contributed by atoms with van der Waals surface area (Å²) in [5, 5.41) is 3.62. The van der Waals surface area contributed by atoms with Crippen molar-refractivity contribution in [2.24, 2.45) is 0 Å². The summed E-state index contributed by atoms with van der Waals surface area (Å²) >= 11 is 0. The average molecular weight is 233 g/mol. The fourth-order valence-corrected chi connectivity index (χ4v) is 2.41. The molecule has 0 aromatic carbocycles. The Kier molecular flexibility index (Phi) is 4.13. The third-order valence-corrected chi connectivity index (χ3v) is 3.77. The first kappa shape index (κ1) is 12.5. The zero-order valence-electron chi connectivity index (χ0n) is 10.9. The molecule has 1 fully saturated rings. The zero-order chi connectivity index (χ0) is 12.1. The summed E-state index contributed by atoms with van der Waals surface area (Å²) in [5.74, 6) is 0. The van der Waals surface area contributed by atoms with E-state index in [2.05, 4.69) is 35.1 Å². The number of nitrogens with zero attached hydrogens (tertiary/aromatic N) is 2. The van der Waals surface area contributed by atoms with Gasteiger partial charge in [0.25, 0.3) is 0 Å². The minimum absolute atomic E-state index is 0.299. The molecule has 1 atom stereocenters. The minimum atomic E-state index is 0.299. The lowest BCUT2D eigenvalue weighted by Gasteiger charge is -2.41. The van der Waals surface area contributed by atoms with Crippen molar-refractivity contribution in [2.45, 2.75) is 32.2 Å². The van der Waals surface area contributed by atoms with Crippen molar-refractivity contribution in [1.29, 1.82) is 0 Å². The van der Waals surface area contributed by atoms with Gasteiger partial charge < -0.3 is 5.32 Å². The first-order chi connectivity index (χ1) is 8.22. The van der Waals surface area contributed by atoms with Crippen LogP contribution in [-0.4, -0.2) is 41.6 Å². The molecule has 1 saturated heterocycles. The van der Waals surface area contributed by atoms with Crippen LogP contribution in [0.15, 0.2) is 24.5 Å². The van der Waals surface area contributed by atoms with Gasteiger partial charge in [-0.1, -0.05) is 13.0 Å². The SMILES string of the molecule is CCC1(C)CN(CCc2cccnc2)CCN1. The largest absolute Gasteiger partial charge is 0.309 e. The van der Waals surface area contributed by atoms with E-state index in [1.807, 2.05) is 18.5 Å². The molecule has 2 rings (SSSR count). The van der Waals surface area contributed by atoms with Gasteiger partial charge in [-0.2, -0.15) is 0 Å². The van der Waals surface area contributed by atoms with Crippen LogP contribution in [0.3, 0.4) is 0 Å². The Morgan fingerprint density at radius 3 is 3.12 bits per heavy atom. The predicted molar refractivity (Wildman–Crippen MR) is 71.1 cm³/mol. The van der Waals surface area contributed by atoms with Gasteiger partial charge >= 0.3 is 0 Å². The number of hydrogen-bond acceptors (Lipinski definition) is 3. The number of pyridine rings is 1. The topological polar surface area (TPSA) is 28.2 Å². The second-order valence-corrected chi connectivity index (χ2v) is 5.23. The molecule has 2 heterocycles. The van der Waals surface area contributed by atoms with Crippen molar-refractivity contribution in [3.05, 3.63) is 30.1 Å². The Morgan fingerprint density at radius 2 is 2.41 bits per heavy atom. The molecule has 1 aromatic heterocycles. The summed E-state index contributed by atoms with van der Waals surface area (Å²) in [7, 11) is 0. The van der Waals surface area contributed by atoms with E-state index in [-0.39, 0.29) is 0 Å². The average Bonchev–Trinajstić information content (AvgIpc) is 2.38. The molecule has 0 aliphatic carbocycles. The number of aromatic nitrogens is 1. The van der Waals surface area contributed by atoms with E-state index >= 15 is 0 Å². The second-order valence-electron chi connectivity index (χ2n) is 5.23. The number of hydrogen-bond donors (Lipinski definition) is 1. The van der Waals surface area contributed by atoms with Crippen molar-refractivity contribution in [3.63, 3.8) is 0 Å². The third-order valence-electron chi connectivity index (χ3n) is 3.77. The van der Waals surface area contributed by atoms with E-state index in [1.165, 1.54) is 12.0 Å². The van der Waals surface area contributed by atoms with Crippen LogP contribution in [0.2, 0.25) is 0 Å². The Morgan fingerprint density at radius 1 is 1.53 bits per heavy atom. The molecule has 0 amide bonds. The highest BCUT2D eigenvalue weighted by Crippen LogP contribution is 2.15. The molecule has 17 heavy (non-hydrogen) atoms. The van der Waals surface area contributed by atoms with E-state index in [4.69, 9.17) is 0 Å². The molecule has 0 saturated carbocycles. The maximum absolute atomic E-state index is 4.16. The molecule has 0 spiro atoms. The molecular formula is C14H23N3. The molecule has 0 radical (unpaired) electrons. The van der Waals surface area contributed by atoms with Crippen LogP contribution in [0, 0.1) is 0 Å². The van der Waals surface area contributed by atoms with Gasteiger partial charge in [-0.05, 0) is 31.4 Å². The van der Waals surface area contributed by atoms with Crippen LogP contribution in [0.5, 0.6) is 0 Å². The monoisotopic (exact) mass is 233 g/mol. The first-order valence-corrected chi connectivity index (χ1v) is 6.58. The lowest BCUT2D eigenvalue weighted by atomic mass is 9.95. The second kappa shape index (κ2) is 5.61. The lowest BCUT2D eigenvalue weighted by Crippen LogP contribution is -2.58. The fourth-order valence-electron chi connectivity index (χ4n) is 2.41. The van der Waals surface area contributed by atoms with Crippen molar-refractivity contribution >= 4 is 0 Å².